The van der Waals surface area contributed by atoms with Crippen LogP contribution in [-0.2, 0) is 14.9 Å². The summed E-state index contributed by atoms with van der Waals surface area (Å²) in [4.78, 5) is 10.8. The van der Waals surface area contributed by atoms with E-state index in [1.807, 2.05) is 6.92 Å². The second-order valence-corrected chi connectivity index (χ2v) is 6.28. The molecule has 0 aromatic heterocycles. The zero-order valence-corrected chi connectivity index (χ0v) is 9.86. The third-order valence-corrected chi connectivity index (χ3v) is 4.14. The summed E-state index contributed by atoms with van der Waals surface area (Å²) in [5.41, 5.74) is -0.443. The van der Waals surface area contributed by atoms with E-state index in [9.17, 15) is 13.2 Å². The molecule has 0 saturated carbocycles. The molecule has 6 nitrogen and oxygen atoms in total. The Bertz CT molecular complexity index is 341. The van der Waals surface area contributed by atoms with Crippen molar-refractivity contribution in [1.29, 1.82) is 0 Å². The number of thioether (sulfide) groups is 1. The van der Waals surface area contributed by atoms with Crippen LogP contribution in [0.25, 0.3) is 0 Å². The Labute approximate surface area is 92.5 Å². The zero-order valence-electron chi connectivity index (χ0n) is 8.23. The molecule has 8 heteroatoms. The smallest absolute Gasteiger partial charge is 0.407 e. The minimum atomic E-state index is -3.89. The Hall–Kier alpha value is -0.470. The Morgan fingerprint density at radius 1 is 1.67 bits per heavy atom. The largest absolute Gasteiger partial charge is 0.447 e. The van der Waals surface area contributed by atoms with E-state index >= 15 is 0 Å². The summed E-state index contributed by atoms with van der Waals surface area (Å²) in [6.45, 7) is 2.10. The first-order chi connectivity index (χ1) is 6.81. The minimum Gasteiger partial charge on any atom is -0.447 e. The number of carbonyl (C=O) groups excluding carboxylic acids is 1. The van der Waals surface area contributed by atoms with Crippen molar-refractivity contribution in [3.05, 3.63) is 0 Å². The molecule has 0 aliphatic carbocycles. The van der Waals surface area contributed by atoms with Crippen molar-refractivity contribution in [2.45, 2.75) is 12.5 Å². The van der Waals surface area contributed by atoms with Gasteiger partial charge < -0.3 is 10.1 Å². The first-order valence-corrected chi connectivity index (χ1v) is 7.05. The SMILES string of the molecule is CC1(CSCCS(=O)(=O)O)COC(=O)N1. The van der Waals surface area contributed by atoms with E-state index in [4.69, 9.17) is 9.29 Å². The lowest BCUT2D eigenvalue weighted by atomic mass is 10.1. The molecule has 1 fully saturated rings. The molecule has 1 aliphatic heterocycles. The summed E-state index contributed by atoms with van der Waals surface area (Å²) in [6.07, 6.45) is -0.451. The monoisotopic (exact) mass is 255 g/mol. The second kappa shape index (κ2) is 4.58. The van der Waals surface area contributed by atoms with Gasteiger partial charge in [0.1, 0.15) is 6.61 Å². The molecule has 1 unspecified atom stereocenters. The normalized spacial score (nSPS) is 26.1. The zero-order chi connectivity index (χ0) is 11.5. The Morgan fingerprint density at radius 2 is 2.33 bits per heavy atom. The molecule has 2 N–H and O–H groups in total. The van der Waals surface area contributed by atoms with Crippen LogP contribution < -0.4 is 5.32 Å². The molecule has 0 aromatic rings. The molecule has 88 valence electrons. The van der Waals surface area contributed by atoms with Crippen LogP contribution in [-0.4, -0.2) is 48.5 Å². The van der Waals surface area contributed by atoms with Gasteiger partial charge in [-0.2, -0.15) is 20.2 Å². The van der Waals surface area contributed by atoms with Gasteiger partial charge in [0.2, 0.25) is 0 Å². The minimum absolute atomic E-state index is 0.275. The lowest BCUT2D eigenvalue weighted by Crippen LogP contribution is -2.42. The number of rotatable bonds is 5. The summed E-state index contributed by atoms with van der Waals surface area (Å²) >= 11 is 1.34. The van der Waals surface area contributed by atoms with Crippen LogP contribution in [0, 0.1) is 0 Å². The first-order valence-electron chi connectivity index (χ1n) is 4.29. The van der Waals surface area contributed by atoms with Gasteiger partial charge in [0.25, 0.3) is 10.1 Å². The Balaban J connectivity index is 2.23. The van der Waals surface area contributed by atoms with E-state index in [1.54, 1.807) is 0 Å². The average Bonchev–Trinajstić information content (AvgIpc) is 2.40. The van der Waals surface area contributed by atoms with Gasteiger partial charge in [0.15, 0.2) is 0 Å². The molecule has 0 radical (unpaired) electrons. The maximum absolute atomic E-state index is 10.8. The molecule has 0 bridgehead atoms. The molecule has 15 heavy (non-hydrogen) atoms. The second-order valence-electron chi connectivity index (χ2n) is 3.60. The third-order valence-electron chi connectivity index (χ3n) is 1.83. The van der Waals surface area contributed by atoms with Crippen LogP contribution in [0.1, 0.15) is 6.92 Å². The van der Waals surface area contributed by atoms with E-state index in [-0.39, 0.29) is 12.4 Å². The Kier molecular flexibility index (Phi) is 3.85. The predicted octanol–water partition coefficient (Wildman–Crippen LogP) is 0.106. The van der Waals surface area contributed by atoms with Crippen molar-refractivity contribution >= 4 is 28.0 Å². The highest BCUT2D eigenvalue weighted by molar-refractivity contribution is 8.00. The highest BCUT2D eigenvalue weighted by Crippen LogP contribution is 2.18. The van der Waals surface area contributed by atoms with Crippen molar-refractivity contribution < 1.29 is 22.5 Å². The van der Waals surface area contributed by atoms with Crippen LogP contribution in [0.2, 0.25) is 0 Å². The molecule has 0 spiro atoms. The van der Waals surface area contributed by atoms with Gasteiger partial charge in [-0.25, -0.2) is 4.79 Å². The van der Waals surface area contributed by atoms with Crippen molar-refractivity contribution in [2.75, 3.05) is 23.9 Å². The molecular weight excluding hydrogens is 242 g/mol. The standard InChI is InChI=1S/C7H13NO5S2/c1-7(4-13-6(9)8-7)5-14-2-3-15(10,11)12/h2-5H2,1H3,(H,8,9)(H,10,11,12). The fourth-order valence-corrected chi connectivity index (χ4v) is 3.15. The molecule has 1 saturated heterocycles. The molecular formula is C7H13NO5S2. The third kappa shape index (κ3) is 4.72. The lowest BCUT2D eigenvalue weighted by Gasteiger charge is -2.19. The number of alkyl carbamates (subject to hydrolysis) is 1. The van der Waals surface area contributed by atoms with Gasteiger partial charge in [-0.1, -0.05) is 0 Å². The molecule has 1 heterocycles. The van der Waals surface area contributed by atoms with Crippen LogP contribution in [0.5, 0.6) is 0 Å². The number of nitrogens with one attached hydrogen (secondary N) is 1. The predicted molar refractivity (Wildman–Crippen MR) is 56.6 cm³/mol. The maximum atomic E-state index is 10.8. The van der Waals surface area contributed by atoms with Crippen molar-refractivity contribution in [1.82, 2.24) is 5.32 Å². The van der Waals surface area contributed by atoms with E-state index in [1.165, 1.54) is 11.8 Å². The first kappa shape index (κ1) is 12.6. The maximum Gasteiger partial charge on any atom is 0.407 e. The van der Waals surface area contributed by atoms with E-state index in [2.05, 4.69) is 5.32 Å². The molecule has 1 aliphatic rings. The number of hydrogen-bond acceptors (Lipinski definition) is 5. The number of cyclic esters (lactones) is 1. The van der Waals surface area contributed by atoms with Gasteiger partial charge in [-0.15, -0.1) is 0 Å². The summed E-state index contributed by atoms with van der Waals surface area (Å²) in [5.74, 6) is 0.571. The van der Waals surface area contributed by atoms with Crippen molar-refractivity contribution in [3.8, 4) is 0 Å². The average molecular weight is 255 g/mol. The Morgan fingerprint density at radius 3 is 2.80 bits per heavy atom. The van der Waals surface area contributed by atoms with E-state index in [0.717, 1.165) is 0 Å². The number of ether oxygens (including phenoxy) is 1. The number of hydrogen-bond donors (Lipinski definition) is 2. The van der Waals surface area contributed by atoms with Crippen LogP contribution in [0.15, 0.2) is 0 Å². The van der Waals surface area contributed by atoms with Crippen LogP contribution in [0.3, 0.4) is 0 Å². The highest BCUT2D eigenvalue weighted by Gasteiger charge is 2.34. The van der Waals surface area contributed by atoms with Gasteiger partial charge in [0, 0.05) is 11.5 Å². The van der Waals surface area contributed by atoms with E-state index in [0.29, 0.717) is 11.5 Å². The summed E-state index contributed by atoms with van der Waals surface area (Å²) in [5, 5.41) is 2.63. The van der Waals surface area contributed by atoms with Gasteiger partial charge in [0.05, 0.1) is 11.3 Å². The quantitative estimate of drug-likeness (QED) is 0.535. The summed E-state index contributed by atoms with van der Waals surface area (Å²) < 4.78 is 34.0. The summed E-state index contributed by atoms with van der Waals surface area (Å²) in [7, 11) is -3.89. The molecule has 0 aromatic carbocycles. The number of amides is 1. The topological polar surface area (TPSA) is 92.7 Å². The highest BCUT2D eigenvalue weighted by atomic mass is 32.2. The van der Waals surface area contributed by atoms with Gasteiger partial charge in [-0.3, -0.25) is 4.55 Å². The van der Waals surface area contributed by atoms with Crippen molar-refractivity contribution in [3.63, 3.8) is 0 Å². The molecule has 1 rings (SSSR count). The van der Waals surface area contributed by atoms with Crippen LogP contribution in [0.4, 0.5) is 4.79 Å². The van der Waals surface area contributed by atoms with Crippen molar-refractivity contribution in [2.24, 2.45) is 0 Å². The van der Waals surface area contributed by atoms with Gasteiger partial charge >= 0.3 is 6.09 Å². The summed E-state index contributed by atoms with van der Waals surface area (Å²) in [6, 6.07) is 0. The molecule has 1 amide bonds. The lowest BCUT2D eigenvalue weighted by molar-refractivity contribution is 0.174. The molecule has 1 atom stereocenters. The fraction of sp³-hybridized carbons (Fsp3) is 0.857. The number of carbonyl (C=O) groups is 1. The van der Waals surface area contributed by atoms with E-state index < -0.39 is 21.8 Å². The van der Waals surface area contributed by atoms with Crippen LogP contribution >= 0.6 is 11.8 Å². The van der Waals surface area contributed by atoms with Gasteiger partial charge in [-0.05, 0) is 6.92 Å². The fourth-order valence-electron chi connectivity index (χ4n) is 1.08.